The fourth-order valence-electron chi connectivity index (χ4n) is 3.98. The van der Waals surface area contributed by atoms with Gasteiger partial charge in [-0.2, -0.15) is 0 Å². The molecule has 0 saturated carbocycles. The fraction of sp³-hybridized carbons (Fsp3) is 0.231. The Morgan fingerprint density at radius 1 is 1.12 bits per heavy atom. The fourth-order valence-corrected chi connectivity index (χ4v) is 5.22. The number of hydrogen-bond acceptors (Lipinski definition) is 5. The quantitative estimate of drug-likeness (QED) is 0.378. The minimum atomic E-state index is -0.695. The van der Waals surface area contributed by atoms with Gasteiger partial charge in [-0.05, 0) is 54.4 Å². The van der Waals surface area contributed by atoms with Crippen LogP contribution in [0.1, 0.15) is 17.4 Å². The van der Waals surface area contributed by atoms with Gasteiger partial charge in [-0.1, -0.05) is 25.1 Å². The van der Waals surface area contributed by atoms with E-state index in [-0.39, 0.29) is 5.92 Å². The molecule has 33 heavy (non-hydrogen) atoms. The maximum Gasteiger partial charge on any atom is 0.309 e. The Morgan fingerprint density at radius 3 is 2.55 bits per heavy atom. The second-order valence-corrected chi connectivity index (χ2v) is 9.34. The Kier molecular flexibility index (Phi) is 5.98. The largest absolute Gasteiger partial charge is 0.481 e. The highest BCUT2D eigenvalue weighted by atomic mass is 32.1. The molecule has 0 unspecified atom stereocenters. The van der Waals surface area contributed by atoms with Crippen molar-refractivity contribution >= 4 is 17.3 Å². The van der Waals surface area contributed by atoms with Crippen LogP contribution in [0.5, 0.6) is 11.5 Å². The molecule has 2 aromatic carbocycles. The molecular formula is C26H25N3O3S. The third kappa shape index (κ3) is 4.69. The van der Waals surface area contributed by atoms with E-state index in [0.717, 1.165) is 40.7 Å². The van der Waals surface area contributed by atoms with Gasteiger partial charge in [0.25, 0.3) is 0 Å². The minimum Gasteiger partial charge on any atom is -0.481 e. The van der Waals surface area contributed by atoms with Gasteiger partial charge in [0.05, 0.1) is 11.6 Å². The van der Waals surface area contributed by atoms with Crippen LogP contribution in [-0.4, -0.2) is 38.6 Å². The highest BCUT2D eigenvalue weighted by Gasteiger charge is 2.32. The highest BCUT2D eigenvalue weighted by Crippen LogP contribution is 2.31. The maximum atomic E-state index is 11.1. The summed E-state index contributed by atoms with van der Waals surface area (Å²) in [6.07, 6.45) is 4.85. The van der Waals surface area contributed by atoms with Crippen LogP contribution in [0.3, 0.4) is 0 Å². The zero-order valence-corrected chi connectivity index (χ0v) is 19.2. The van der Waals surface area contributed by atoms with Gasteiger partial charge in [0.1, 0.15) is 22.8 Å². The van der Waals surface area contributed by atoms with Gasteiger partial charge < -0.3 is 9.84 Å². The van der Waals surface area contributed by atoms with E-state index in [1.165, 1.54) is 10.4 Å². The van der Waals surface area contributed by atoms with Gasteiger partial charge in [-0.25, -0.2) is 4.98 Å². The van der Waals surface area contributed by atoms with Crippen LogP contribution in [0.4, 0.5) is 0 Å². The average Bonchev–Trinajstić information content (AvgIpc) is 3.44. The summed E-state index contributed by atoms with van der Waals surface area (Å²) in [6, 6.07) is 19.9. The van der Waals surface area contributed by atoms with E-state index in [1.807, 2.05) is 67.1 Å². The SMILES string of the molecule is CCc1cc(-n2cnc(-c3ccc(Oc4ccccc4)cc3)c2)sc1CN1CC(C(=O)O)C1. The van der Waals surface area contributed by atoms with Crippen LogP contribution < -0.4 is 4.74 Å². The van der Waals surface area contributed by atoms with Crippen LogP contribution in [0.25, 0.3) is 16.3 Å². The predicted molar refractivity (Wildman–Crippen MR) is 129 cm³/mol. The zero-order valence-electron chi connectivity index (χ0n) is 18.3. The topological polar surface area (TPSA) is 67.6 Å². The molecule has 6 nitrogen and oxygen atoms in total. The molecule has 1 saturated heterocycles. The average molecular weight is 460 g/mol. The Morgan fingerprint density at radius 2 is 1.85 bits per heavy atom. The van der Waals surface area contributed by atoms with Crippen molar-refractivity contribution in [2.45, 2.75) is 19.9 Å². The van der Waals surface area contributed by atoms with Crippen molar-refractivity contribution in [1.82, 2.24) is 14.5 Å². The predicted octanol–water partition coefficient (Wildman–Crippen LogP) is 5.47. The van der Waals surface area contributed by atoms with Crippen molar-refractivity contribution in [3.63, 3.8) is 0 Å². The van der Waals surface area contributed by atoms with E-state index in [1.54, 1.807) is 11.3 Å². The zero-order chi connectivity index (χ0) is 22.8. The van der Waals surface area contributed by atoms with Gasteiger partial charge in [0, 0.05) is 36.3 Å². The van der Waals surface area contributed by atoms with Gasteiger partial charge in [0.2, 0.25) is 0 Å². The van der Waals surface area contributed by atoms with E-state index in [4.69, 9.17) is 9.84 Å². The summed E-state index contributed by atoms with van der Waals surface area (Å²) in [7, 11) is 0. The first-order chi connectivity index (χ1) is 16.1. The molecule has 0 amide bonds. The molecule has 3 heterocycles. The number of para-hydroxylation sites is 1. The molecule has 168 valence electrons. The Bertz CT molecular complexity index is 1240. The van der Waals surface area contributed by atoms with E-state index in [9.17, 15) is 4.79 Å². The first kappa shape index (κ1) is 21.4. The third-order valence-corrected chi connectivity index (χ3v) is 7.08. The molecule has 1 fully saturated rings. The summed E-state index contributed by atoms with van der Waals surface area (Å²) < 4.78 is 7.94. The van der Waals surface area contributed by atoms with Crippen molar-refractivity contribution < 1.29 is 14.6 Å². The number of rotatable bonds is 8. The lowest BCUT2D eigenvalue weighted by Gasteiger charge is -2.36. The summed E-state index contributed by atoms with van der Waals surface area (Å²) in [5.41, 5.74) is 3.25. The second kappa shape index (κ2) is 9.21. The van der Waals surface area contributed by atoms with Crippen molar-refractivity contribution in [2.75, 3.05) is 13.1 Å². The first-order valence-electron chi connectivity index (χ1n) is 11.0. The highest BCUT2D eigenvalue weighted by molar-refractivity contribution is 7.14. The molecule has 1 aliphatic rings. The molecule has 0 radical (unpaired) electrons. The van der Waals surface area contributed by atoms with Gasteiger partial charge in [0.15, 0.2) is 0 Å². The normalized spacial score (nSPS) is 14.2. The lowest BCUT2D eigenvalue weighted by atomic mass is 10.0. The number of aromatic nitrogens is 2. The van der Waals surface area contributed by atoms with Crippen molar-refractivity contribution in [3.8, 4) is 27.8 Å². The maximum absolute atomic E-state index is 11.1. The lowest BCUT2D eigenvalue weighted by Crippen LogP contribution is -2.49. The molecule has 7 heteroatoms. The summed E-state index contributed by atoms with van der Waals surface area (Å²) in [5, 5.41) is 10.2. The second-order valence-electron chi connectivity index (χ2n) is 8.22. The Hall–Kier alpha value is -3.42. The number of imidazole rings is 1. The molecule has 0 spiro atoms. The Balaban J connectivity index is 1.28. The van der Waals surface area contributed by atoms with E-state index in [0.29, 0.717) is 13.1 Å². The van der Waals surface area contributed by atoms with Gasteiger partial charge in [-0.3, -0.25) is 14.3 Å². The molecule has 4 aromatic rings. The molecule has 1 aliphatic heterocycles. The molecule has 1 N–H and O–H groups in total. The minimum absolute atomic E-state index is 0.227. The Labute approximate surface area is 196 Å². The van der Waals surface area contributed by atoms with Gasteiger partial charge >= 0.3 is 5.97 Å². The number of aliphatic carboxylic acids is 1. The summed E-state index contributed by atoms with van der Waals surface area (Å²) >= 11 is 1.75. The summed E-state index contributed by atoms with van der Waals surface area (Å²) in [4.78, 5) is 19.2. The summed E-state index contributed by atoms with van der Waals surface area (Å²) in [6.45, 7) is 4.22. The number of benzene rings is 2. The number of nitrogens with zero attached hydrogens (tertiary/aromatic N) is 3. The van der Waals surface area contributed by atoms with Crippen LogP contribution in [0.2, 0.25) is 0 Å². The summed E-state index contributed by atoms with van der Waals surface area (Å²) in [5.74, 6) is 0.678. The van der Waals surface area contributed by atoms with E-state index < -0.39 is 5.97 Å². The molecule has 0 bridgehead atoms. The number of hydrogen-bond donors (Lipinski definition) is 1. The van der Waals surface area contributed by atoms with E-state index in [2.05, 4.69) is 27.4 Å². The number of likely N-dealkylation sites (tertiary alicyclic amines) is 1. The van der Waals surface area contributed by atoms with Crippen LogP contribution in [0.15, 0.2) is 73.2 Å². The lowest BCUT2D eigenvalue weighted by molar-refractivity contribution is -0.147. The van der Waals surface area contributed by atoms with Gasteiger partial charge in [-0.15, -0.1) is 11.3 Å². The number of carboxylic acids is 1. The number of aryl methyl sites for hydroxylation is 1. The number of carboxylic acid groups (broad SMARTS) is 1. The standard InChI is InChI=1S/C26H25N3O3S/c1-2-18-12-25(33-24(18)16-28-13-20(14-28)26(30)31)29-15-23(27-17-29)19-8-10-22(11-9-19)32-21-6-4-3-5-7-21/h3-12,15,17,20H,2,13-14,16H2,1H3,(H,30,31). The molecule has 5 rings (SSSR count). The van der Waals surface area contributed by atoms with Crippen molar-refractivity contribution in [2.24, 2.45) is 5.92 Å². The third-order valence-electron chi connectivity index (χ3n) is 5.90. The van der Waals surface area contributed by atoms with Crippen LogP contribution >= 0.6 is 11.3 Å². The molecule has 0 aliphatic carbocycles. The molecular weight excluding hydrogens is 434 g/mol. The number of carbonyl (C=O) groups is 1. The monoisotopic (exact) mass is 459 g/mol. The van der Waals surface area contributed by atoms with Crippen LogP contribution in [0, 0.1) is 5.92 Å². The van der Waals surface area contributed by atoms with Crippen molar-refractivity contribution in [3.05, 3.63) is 83.6 Å². The van der Waals surface area contributed by atoms with E-state index >= 15 is 0 Å². The smallest absolute Gasteiger partial charge is 0.309 e. The number of thiophene rings is 1. The number of ether oxygens (including phenoxy) is 1. The first-order valence-corrected chi connectivity index (χ1v) is 11.8. The van der Waals surface area contributed by atoms with Crippen molar-refractivity contribution in [1.29, 1.82) is 0 Å². The molecule has 0 atom stereocenters. The van der Waals surface area contributed by atoms with Crippen LogP contribution in [-0.2, 0) is 17.8 Å². The molecule has 2 aromatic heterocycles.